The van der Waals surface area contributed by atoms with E-state index in [0.29, 0.717) is 0 Å². The fraction of sp³-hybridized carbons (Fsp3) is 0.538. The molecule has 0 amide bonds. The minimum absolute atomic E-state index is 0.0302. The van der Waals surface area contributed by atoms with Crippen LogP contribution in [0.1, 0.15) is 17.5 Å². The topological polar surface area (TPSA) is 29.3 Å². The smallest absolute Gasteiger partial charge is 0.330 e. The van der Waals surface area contributed by atoms with Crippen LogP contribution in [-0.4, -0.2) is 30.7 Å². The van der Waals surface area contributed by atoms with Gasteiger partial charge < -0.3 is 5.73 Å². The highest BCUT2D eigenvalue weighted by atomic mass is 19.4. The highest BCUT2D eigenvalue weighted by Crippen LogP contribution is 2.27. The van der Waals surface area contributed by atoms with Gasteiger partial charge in [0.05, 0.1) is 0 Å². The van der Waals surface area contributed by atoms with Crippen LogP contribution in [0.3, 0.4) is 0 Å². The van der Waals surface area contributed by atoms with Crippen molar-refractivity contribution in [2.24, 2.45) is 5.73 Å². The molecule has 0 heterocycles. The minimum Gasteiger partial charge on any atom is -0.330 e. The van der Waals surface area contributed by atoms with Gasteiger partial charge in [0.15, 0.2) is 0 Å². The molecule has 0 saturated carbocycles. The molecule has 0 fully saturated rings. The molecule has 0 spiro atoms. The van der Waals surface area contributed by atoms with Gasteiger partial charge in [-0.15, -0.1) is 0 Å². The Bertz CT molecular complexity index is 359. The van der Waals surface area contributed by atoms with Gasteiger partial charge in [-0.25, -0.2) is 0 Å². The predicted octanol–water partition coefficient (Wildman–Crippen LogP) is 2.71. The van der Waals surface area contributed by atoms with Gasteiger partial charge in [0, 0.05) is 6.54 Å². The molecule has 18 heavy (non-hydrogen) atoms. The standard InChI is InChI=1S/C13H19F3N2/c1-10-3-5-11(6-4-10)9-18(2)12(7-8-17)13(14,15)16/h3-6,12H,7-9,17H2,1-2H3. The molecule has 1 aromatic carbocycles. The highest BCUT2D eigenvalue weighted by Gasteiger charge is 2.41. The predicted molar refractivity (Wildman–Crippen MR) is 66.2 cm³/mol. The number of aryl methyl sites for hydroxylation is 1. The molecule has 0 aliphatic carbocycles. The molecule has 0 aliphatic rings. The Morgan fingerprint density at radius 3 is 2.22 bits per heavy atom. The van der Waals surface area contributed by atoms with Crippen molar-refractivity contribution in [1.29, 1.82) is 0 Å². The van der Waals surface area contributed by atoms with E-state index in [4.69, 9.17) is 5.73 Å². The monoisotopic (exact) mass is 260 g/mol. The molecule has 1 unspecified atom stereocenters. The molecule has 0 saturated heterocycles. The average Bonchev–Trinajstić information content (AvgIpc) is 2.27. The number of hydrogen-bond acceptors (Lipinski definition) is 2. The second-order valence-electron chi connectivity index (χ2n) is 4.54. The van der Waals surface area contributed by atoms with E-state index in [2.05, 4.69) is 0 Å². The fourth-order valence-corrected chi connectivity index (χ4v) is 1.88. The molecule has 1 aromatic rings. The fourth-order valence-electron chi connectivity index (χ4n) is 1.88. The third kappa shape index (κ3) is 4.31. The second-order valence-corrected chi connectivity index (χ2v) is 4.54. The lowest BCUT2D eigenvalue weighted by Crippen LogP contribution is -2.44. The van der Waals surface area contributed by atoms with E-state index >= 15 is 0 Å². The maximum atomic E-state index is 12.8. The highest BCUT2D eigenvalue weighted by molar-refractivity contribution is 5.21. The number of nitrogens with zero attached hydrogens (tertiary/aromatic N) is 1. The number of rotatable bonds is 5. The molecule has 2 N–H and O–H groups in total. The van der Waals surface area contributed by atoms with Crippen LogP contribution in [0.2, 0.25) is 0 Å². The maximum Gasteiger partial charge on any atom is 0.404 e. The summed E-state index contributed by atoms with van der Waals surface area (Å²) < 4.78 is 38.5. The molecule has 0 radical (unpaired) electrons. The second kappa shape index (κ2) is 6.20. The lowest BCUT2D eigenvalue weighted by Gasteiger charge is -2.29. The van der Waals surface area contributed by atoms with Crippen LogP contribution >= 0.6 is 0 Å². The van der Waals surface area contributed by atoms with Crippen molar-refractivity contribution >= 4 is 0 Å². The van der Waals surface area contributed by atoms with Gasteiger partial charge in [0.25, 0.3) is 0 Å². The van der Waals surface area contributed by atoms with Crippen molar-refractivity contribution in [2.75, 3.05) is 13.6 Å². The van der Waals surface area contributed by atoms with Gasteiger partial charge in [0.1, 0.15) is 6.04 Å². The lowest BCUT2D eigenvalue weighted by atomic mass is 10.1. The van der Waals surface area contributed by atoms with Crippen LogP contribution in [0.25, 0.3) is 0 Å². The molecule has 2 nitrogen and oxygen atoms in total. The zero-order chi connectivity index (χ0) is 13.8. The summed E-state index contributed by atoms with van der Waals surface area (Å²) in [6.07, 6.45) is -4.31. The summed E-state index contributed by atoms with van der Waals surface area (Å²) in [4.78, 5) is 1.30. The van der Waals surface area contributed by atoms with E-state index in [0.717, 1.165) is 11.1 Å². The minimum atomic E-state index is -4.24. The first-order chi connectivity index (χ1) is 8.34. The van der Waals surface area contributed by atoms with E-state index in [1.807, 2.05) is 31.2 Å². The summed E-state index contributed by atoms with van der Waals surface area (Å²) >= 11 is 0. The van der Waals surface area contributed by atoms with Crippen LogP contribution in [0, 0.1) is 6.92 Å². The third-order valence-corrected chi connectivity index (χ3v) is 2.90. The summed E-state index contributed by atoms with van der Waals surface area (Å²) in [5.74, 6) is 0. The Hall–Kier alpha value is -1.07. The molecule has 102 valence electrons. The van der Waals surface area contributed by atoms with Crippen molar-refractivity contribution in [3.63, 3.8) is 0 Å². The Kier molecular flexibility index (Phi) is 5.16. The normalized spacial score (nSPS) is 13.9. The number of hydrogen-bond donors (Lipinski definition) is 1. The molecule has 0 aliphatic heterocycles. The summed E-state index contributed by atoms with van der Waals surface area (Å²) in [5.41, 5.74) is 7.21. The zero-order valence-corrected chi connectivity index (χ0v) is 10.7. The SMILES string of the molecule is Cc1ccc(CN(C)C(CCN)C(F)(F)F)cc1. The van der Waals surface area contributed by atoms with Gasteiger partial charge in [-0.3, -0.25) is 4.90 Å². The number of alkyl halides is 3. The van der Waals surface area contributed by atoms with Crippen molar-refractivity contribution in [3.05, 3.63) is 35.4 Å². The Morgan fingerprint density at radius 1 is 1.22 bits per heavy atom. The van der Waals surface area contributed by atoms with Crippen LogP contribution in [0.15, 0.2) is 24.3 Å². The Labute approximate surface area is 106 Å². The summed E-state index contributed by atoms with van der Waals surface area (Å²) in [6, 6.07) is 6.01. The lowest BCUT2D eigenvalue weighted by molar-refractivity contribution is -0.182. The number of nitrogens with two attached hydrogens (primary N) is 1. The molecular weight excluding hydrogens is 241 g/mol. The van der Waals surface area contributed by atoms with E-state index in [-0.39, 0.29) is 19.5 Å². The van der Waals surface area contributed by atoms with Gasteiger partial charge in [-0.1, -0.05) is 29.8 Å². The average molecular weight is 260 g/mol. The van der Waals surface area contributed by atoms with Crippen molar-refractivity contribution in [2.45, 2.75) is 32.1 Å². The van der Waals surface area contributed by atoms with Crippen LogP contribution in [-0.2, 0) is 6.54 Å². The summed E-state index contributed by atoms with van der Waals surface area (Å²) in [7, 11) is 1.48. The van der Waals surface area contributed by atoms with Gasteiger partial charge in [-0.2, -0.15) is 13.2 Å². The van der Waals surface area contributed by atoms with E-state index in [9.17, 15) is 13.2 Å². The van der Waals surface area contributed by atoms with Crippen molar-refractivity contribution < 1.29 is 13.2 Å². The van der Waals surface area contributed by atoms with Crippen molar-refractivity contribution in [1.82, 2.24) is 4.90 Å². The van der Waals surface area contributed by atoms with E-state index in [1.54, 1.807) is 0 Å². The third-order valence-electron chi connectivity index (χ3n) is 2.90. The Balaban J connectivity index is 2.72. The van der Waals surface area contributed by atoms with Crippen LogP contribution < -0.4 is 5.73 Å². The van der Waals surface area contributed by atoms with E-state index in [1.165, 1.54) is 11.9 Å². The van der Waals surface area contributed by atoms with Gasteiger partial charge in [-0.05, 0) is 32.5 Å². The maximum absolute atomic E-state index is 12.8. The molecule has 0 bridgehead atoms. The molecular formula is C13H19F3N2. The largest absolute Gasteiger partial charge is 0.404 e. The number of halogens is 3. The first-order valence-electron chi connectivity index (χ1n) is 5.87. The van der Waals surface area contributed by atoms with E-state index < -0.39 is 12.2 Å². The van der Waals surface area contributed by atoms with Crippen molar-refractivity contribution in [3.8, 4) is 0 Å². The molecule has 1 atom stereocenters. The first kappa shape index (κ1) is 15.0. The summed E-state index contributed by atoms with van der Waals surface area (Å²) in [5, 5.41) is 0. The Morgan fingerprint density at radius 2 is 1.78 bits per heavy atom. The molecule has 0 aromatic heterocycles. The molecule has 5 heteroatoms. The molecule has 1 rings (SSSR count). The van der Waals surface area contributed by atoms with Crippen LogP contribution in [0.4, 0.5) is 13.2 Å². The first-order valence-corrected chi connectivity index (χ1v) is 5.87. The quantitative estimate of drug-likeness (QED) is 0.882. The van der Waals surface area contributed by atoms with Gasteiger partial charge in [0.2, 0.25) is 0 Å². The van der Waals surface area contributed by atoms with Crippen LogP contribution in [0.5, 0.6) is 0 Å². The van der Waals surface area contributed by atoms with Gasteiger partial charge >= 0.3 is 6.18 Å². The zero-order valence-electron chi connectivity index (χ0n) is 10.7. The number of benzene rings is 1. The summed E-state index contributed by atoms with van der Waals surface area (Å²) in [6.45, 7) is 2.24.